The summed E-state index contributed by atoms with van der Waals surface area (Å²) in [5, 5.41) is 0. The summed E-state index contributed by atoms with van der Waals surface area (Å²) in [5.74, 6) is 0.0770. The lowest BCUT2D eigenvalue weighted by molar-refractivity contribution is -0.136. The topological polar surface area (TPSA) is 29.5 Å². The van der Waals surface area contributed by atoms with E-state index in [0.717, 1.165) is 43.5 Å². The Kier molecular flexibility index (Phi) is 4.45. The maximum Gasteiger partial charge on any atom is 0.225 e. The number of likely N-dealkylation sites (tertiary alicyclic amines) is 1. The van der Waals surface area contributed by atoms with Gasteiger partial charge in [0.1, 0.15) is 5.82 Å². The van der Waals surface area contributed by atoms with Crippen molar-refractivity contribution in [1.29, 1.82) is 0 Å². The van der Waals surface area contributed by atoms with Gasteiger partial charge in [-0.05, 0) is 49.4 Å². The van der Waals surface area contributed by atoms with Gasteiger partial charge in [0.15, 0.2) is 0 Å². The molecule has 1 fully saturated rings. The first-order valence-electron chi connectivity index (χ1n) is 8.67. The van der Waals surface area contributed by atoms with Crippen LogP contribution in [0.15, 0.2) is 18.2 Å². The van der Waals surface area contributed by atoms with Crippen LogP contribution in [0.4, 0.5) is 4.39 Å². The quantitative estimate of drug-likeness (QED) is 0.847. The third-order valence-electron chi connectivity index (χ3n) is 5.40. The van der Waals surface area contributed by atoms with E-state index in [2.05, 4.69) is 0 Å². The number of benzene rings is 1. The van der Waals surface area contributed by atoms with Crippen molar-refractivity contribution in [3.63, 3.8) is 0 Å². The van der Waals surface area contributed by atoms with Gasteiger partial charge in [-0.2, -0.15) is 0 Å². The van der Waals surface area contributed by atoms with Crippen molar-refractivity contribution in [2.45, 2.75) is 51.6 Å². The van der Waals surface area contributed by atoms with Crippen LogP contribution in [0.5, 0.6) is 0 Å². The van der Waals surface area contributed by atoms with Crippen LogP contribution in [0.25, 0.3) is 0 Å². The van der Waals surface area contributed by atoms with E-state index in [0.29, 0.717) is 6.61 Å². The standard InChI is InChI=1S/C19H26FNO2/c1-4-23-17-12-19(16-11-14(20)5-6-15(16)17)7-9-21(10-8-19)18(22)13(2)3/h5-6,11,13,17H,4,7-10,12H2,1-3H3/t17-/m1/s1. The molecule has 2 aliphatic rings. The average molecular weight is 319 g/mol. The molecule has 4 heteroatoms. The molecule has 0 N–H and O–H groups in total. The molecule has 3 nitrogen and oxygen atoms in total. The Morgan fingerprint density at radius 2 is 2.09 bits per heavy atom. The van der Waals surface area contributed by atoms with Gasteiger partial charge in [-0.1, -0.05) is 19.9 Å². The first kappa shape index (κ1) is 16.4. The maximum absolute atomic E-state index is 13.8. The molecule has 1 aromatic rings. The normalized spacial score (nSPS) is 22.7. The number of carbonyl (C=O) groups is 1. The van der Waals surface area contributed by atoms with Crippen LogP contribution in [0, 0.1) is 11.7 Å². The van der Waals surface area contributed by atoms with Crippen molar-refractivity contribution in [3.05, 3.63) is 35.1 Å². The van der Waals surface area contributed by atoms with Gasteiger partial charge in [0.05, 0.1) is 6.10 Å². The van der Waals surface area contributed by atoms with E-state index < -0.39 is 0 Å². The molecule has 0 bridgehead atoms. The van der Waals surface area contributed by atoms with Gasteiger partial charge in [0.25, 0.3) is 0 Å². The summed E-state index contributed by atoms with van der Waals surface area (Å²) in [6.07, 6.45) is 2.75. The second kappa shape index (κ2) is 6.23. The van der Waals surface area contributed by atoms with Gasteiger partial charge in [-0.25, -0.2) is 4.39 Å². The highest BCUT2D eigenvalue weighted by atomic mass is 19.1. The lowest BCUT2D eigenvalue weighted by Gasteiger charge is -2.40. The van der Waals surface area contributed by atoms with Gasteiger partial charge in [-0.15, -0.1) is 0 Å². The molecule has 1 aromatic carbocycles. The third kappa shape index (κ3) is 2.89. The van der Waals surface area contributed by atoms with Crippen LogP contribution in [-0.2, 0) is 14.9 Å². The Hall–Kier alpha value is -1.42. The number of ether oxygens (including phenoxy) is 1. The monoisotopic (exact) mass is 319 g/mol. The molecule has 1 aliphatic carbocycles. The second-order valence-electron chi connectivity index (χ2n) is 7.14. The number of hydrogen-bond acceptors (Lipinski definition) is 2. The molecule has 23 heavy (non-hydrogen) atoms. The van der Waals surface area contributed by atoms with Gasteiger partial charge < -0.3 is 9.64 Å². The van der Waals surface area contributed by atoms with Gasteiger partial charge in [-0.3, -0.25) is 4.79 Å². The molecule has 0 radical (unpaired) electrons. The zero-order valence-electron chi connectivity index (χ0n) is 14.3. The SMILES string of the molecule is CCO[C@@H]1CC2(CCN(C(=O)C(C)C)CC2)c2cc(F)ccc21. The number of carbonyl (C=O) groups excluding carboxylic acids is 1. The van der Waals surface area contributed by atoms with E-state index in [1.807, 2.05) is 31.7 Å². The predicted octanol–water partition coefficient (Wildman–Crippen LogP) is 3.82. The van der Waals surface area contributed by atoms with Crippen molar-refractivity contribution in [1.82, 2.24) is 4.90 Å². The Bertz CT molecular complexity index is 591. The predicted molar refractivity (Wildman–Crippen MR) is 87.7 cm³/mol. The fourth-order valence-corrected chi connectivity index (χ4v) is 4.19. The molecule has 1 heterocycles. The van der Waals surface area contributed by atoms with Crippen LogP contribution in [0.1, 0.15) is 57.3 Å². The van der Waals surface area contributed by atoms with Crippen molar-refractivity contribution >= 4 is 5.91 Å². The Labute approximate surface area is 137 Å². The molecule has 1 amide bonds. The molecule has 1 atom stereocenters. The lowest BCUT2D eigenvalue weighted by Crippen LogP contribution is -2.45. The van der Waals surface area contributed by atoms with Crippen LogP contribution in [0.2, 0.25) is 0 Å². The van der Waals surface area contributed by atoms with E-state index in [1.165, 1.54) is 6.07 Å². The second-order valence-corrected chi connectivity index (χ2v) is 7.14. The Morgan fingerprint density at radius 3 is 2.70 bits per heavy atom. The lowest BCUT2D eigenvalue weighted by atomic mass is 9.73. The average Bonchev–Trinajstić information content (AvgIpc) is 2.81. The molecule has 0 unspecified atom stereocenters. The minimum Gasteiger partial charge on any atom is -0.374 e. The maximum atomic E-state index is 13.8. The fraction of sp³-hybridized carbons (Fsp3) is 0.632. The largest absolute Gasteiger partial charge is 0.374 e. The van der Waals surface area contributed by atoms with E-state index in [-0.39, 0.29) is 29.2 Å². The van der Waals surface area contributed by atoms with Gasteiger partial charge >= 0.3 is 0 Å². The smallest absolute Gasteiger partial charge is 0.225 e. The third-order valence-corrected chi connectivity index (χ3v) is 5.40. The minimum atomic E-state index is -0.180. The van der Waals surface area contributed by atoms with Gasteiger partial charge in [0.2, 0.25) is 5.91 Å². The molecule has 0 aromatic heterocycles. The van der Waals surface area contributed by atoms with E-state index in [4.69, 9.17) is 4.74 Å². The van der Waals surface area contributed by atoms with E-state index >= 15 is 0 Å². The minimum absolute atomic E-state index is 0.0357. The molecule has 126 valence electrons. The van der Waals surface area contributed by atoms with Crippen LogP contribution in [0.3, 0.4) is 0 Å². The van der Waals surface area contributed by atoms with Crippen molar-refractivity contribution in [2.75, 3.05) is 19.7 Å². The van der Waals surface area contributed by atoms with Crippen LogP contribution < -0.4 is 0 Å². The number of hydrogen-bond donors (Lipinski definition) is 0. The fourth-order valence-electron chi connectivity index (χ4n) is 4.19. The summed E-state index contributed by atoms with van der Waals surface area (Å²) >= 11 is 0. The molecule has 1 aliphatic heterocycles. The zero-order chi connectivity index (χ0) is 16.6. The zero-order valence-corrected chi connectivity index (χ0v) is 14.3. The first-order chi connectivity index (χ1) is 11.0. The summed E-state index contributed by atoms with van der Waals surface area (Å²) in [6, 6.07) is 5.10. The van der Waals surface area contributed by atoms with Crippen molar-refractivity contribution < 1.29 is 13.9 Å². The summed E-state index contributed by atoms with van der Waals surface area (Å²) in [6.45, 7) is 8.06. The molecule has 3 rings (SSSR count). The number of fused-ring (bicyclic) bond motifs is 2. The summed E-state index contributed by atoms with van der Waals surface area (Å²) in [5.41, 5.74) is 2.20. The highest BCUT2D eigenvalue weighted by Gasteiger charge is 2.46. The number of amides is 1. The molecular weight excluding hydrogens is 293 g/mol. The highest BCUT2D eigenvalue weighted by Crippen LogP contribution is 2.52. The molecule has 1 spiro atoms. The number of halogens is 1. The Morgan fingerprint density at radius 1 is 1.39 bits per heavy atom. The molecule has 1 saturated heterocycles. The summed E-state index contributed by atoms with van der Waals surface area (Å²) < 4.78 is 19.7. The number of rotatable bonds is 3. The number of nitrogens with zero attached hydrogens (tertiary/aromatic N) is 1. The summed E-state index contributed by atoms with van der Waals surface area (Å²) in [4.78, 5) is 14.2. The van der Waals surface area contributed by atoms with E-state index in [1.54, 1.807) is 6.07 Å². The first-order valence-corrected chi connectivity index (χ1v) is 8.67. The molecule has 0 saturated carbocycles. The van der Waals surface area contributed by atoms with Crippen molar-refractivity contribution in [3.8, 4) is 0 Å². The number of piperidine rings is 1. The van der Waals surface area contributed by atoms with Crippen LogP contribution >= 0.6 is 0 Å². The highest BCUT2D eigenvalue weighted by molar-refractivity contribution is 5.78. The molecular formula is C19H26FNO2. The van der Waals surface area contributed by atoms with E-state index in [9.17, 15) is 9.18 Å². The van der Waals surface area contributed by atoms with Gasteiger partial charge in [0, 0.05) is 31.0 Å². The van der Waals surface area contributed by atoms with Crippen molar-refractivity contribution in [2.24, 2.45) is 5.92 Å². The Balaban J connectivity index is 1.84. The summed E-state index contributed by atoms with van der Waals surface area (Å²) in [7, 11) is 0. The van der Waals surface area contributed by atoms with Crippen LogP contribution in [-0.4, -0.2) is 30.5 Å².